The number of aromatic nitrogens is 4. The molecule has 0 aliphatic heterocycles. The lowest BCUT2D eigenvalue weighted by Crippen LogP contribution is -2.13. The van der Waals surface area contributed by atoms with E-state index in [1.54, 1.807) is 0 Å². The van der Waals surface area contributed by atoms with Crippen LogP contribution in [-0.2, 0) is 0 Å². The number of hydrogen-bond donors (Lipinski definition) is 1. The Labute approximate surface area is 220 Å². The Morgan fingerprint density at radius 2 is 1.82 bits per heavy atom. The summed E-state index contributed by atoms with van der Waals surface area (Å²) in [5.74, 6) is 1.58. The van der Waals surface area contributed by atoms with Crippen molar-refractivity contribution in [3.05, 3.63) is 41.7 Å². The summed E-state index contributed by atoms with van der Waals surface area (Å²) in [4.78, 5) is 21.3. The molecule has 0 spiro atoms. The minimum Gasteiger partial charge on any atom is -0.493 e. The van der Waals surface area contributed by atoms with E-state index in [9.17, 15) is 9.90 Å². The monoisotopic (exact) mass is 516 g/mol. The summed E-state index contributed by atoms with van der Waals surface area (Å²) in [6, 6.07) is 3.99. The molecule has 4 heterocycles. The lowest BCUT2D eigenvalue weighted by molar-refractivity contribution is 0.0688. The van der Waals surface area contributed by atoms with Gasteiger partial charge in [-0.2, -0.15) is 0 Å². The molecule has 0 aromatic carbocycles. The first kappa shape index (κ1) is 24.5. The van der Waals surface area contributed by atoms with Crippen molar-refractivity contribution in [2.45, 2.75) is 59.4 Å². The van der Waals surface area contributed by atoms with Gasteiger partial charge in [-0.1, -0.05) is 5.16 Å². The quantitative estimate of drug-likeness (QED) is 0.264. The maximum atomic E-state index is 11.9. The zero-order chi connectivity index (χ0) is 26.6. The molecule has 2 saturated carbocycles. The first-order chi connectivity index (χ1) is 18.4. The van der Waals surface area contributed by atoms with Crippen molar-refractivity contribution in [1.82, 2.24) is 19.7 Å². The van der Waals surface area contributed by atoms with E-state index in [-0.39, 0.29) is 11.6 Å². The topological polar surface area (TPSA) is 113 Å². The minimum absolute atomic E-state index is 0.118. The molecule has 0 saturated heterocycles. The van der Waals surface area contributed by atoms with Crippen molar-refractivity contribution in [2.75, 3.05) is 13.2 Å². The van der Waals surface area contributed by atoms with Crippen molar-refractivity contribution in [3.8, 4) is 33.9 Å². The third-order valence-electron chi connectivity index (χ3n) is 7.54. The summed E-state index contributed by atoms with van der Waals surface area (Å²) in [5.41, 5.74) is 4.92. The van der Waals surface area contributed by atoms with Crippen molar-refractivity contribution in [2.24, 2.45) is 11.8 Å². The number of nitrogens with zero attached hydrogens (tertiary/aromatic N) is 4. The molecule has 6 rings (SSSR count). The predicted molar refractivity (Wildman–Crippen MR) is 142 cm³/mol. The molecule has 0 unspecified atom stereocenters. The number of rotatable bonds is 10. The van der Waals surface area contributed by atoms with Crippen LogP contribution >= 0.6 is 0 Å². The molecule has 4 aromatic rings. The number of aromatic carboxylic acids is 1. The minimum atomic E-state index is -1.13. The van der Waals surface area contributed by atoms with Crippen LogP contribution in [0.2, 0.25) is 0 Å². The third-order valence-corrected chi connectivity index (χ3v) is 7.54. The van der Waals surface area contributed by atoms with E-state index in [1.807, 2.05) is 33.9 Å². The molecular weight excluding hydrogens is 484 g/mol. The number of pyridine rings is 2. The Bertz CT molecular complexity index is 1470. The summed E-state index contributed by atoms with van der Waals surface area (Å²) in [6.45, 7) is 8.26. The first-order valence-corrected chi connectivity index (χ1v) is 13.4. The molecule has 2 aliphatic rings. The Kier molecular flexibility index (Phi) is 6.08. The molecule has 0 amide bonds. The van der Waals surface area contributed by atoms with Gasteiger partial charge in [-0.25, -0.2) is 14.8 Å². The lowest BCUT2D eigenvalue weighted by Gasteiger charge is -2.19. The first-order valence-electron chi connectivity index (χ1n) is 13.4. The zero-order valence-corrected chi connectivity index (χ0v) is 22.2. The van der Waals surface area contributed by atoms with Gasteiger partial charge in [0.2, 0.25) is 5.88 Å². The van der Waals surface area contributed by atoms with Gasteiger partial charge in [0.15, 0.2) is 5.69 Å². The standard InChI is InChI=1S/C29H32N4O5/c1-5-36-23-12-22(29(34)35)31-28(37-6-2)25(23)21-14-33(26(17-7-8-17)18-9-10-18)27-20(21)11-19(13-30-27)24-15(3)32-38-16(24)4/h11-14,17-18,26H,5-10H2,1-4H3,(H,34,35). The summed E-state index contributed by atoms with van der Waals surface area (Å²) in [5, 5.41) is 14.8. The normalized spacial score (nSPS) is 15.4. The Hall–Kier alpha value is -3.88. The number of carboxylic acid groups (broad SMARTS) is 1. The summed E-state index contributed by atoms with van der Waals surface area (Å²) in [7, 11) is 0. The average molecular weight is 517 g/mol. The van der Waals surface area contributed by atoms with E-state index >= 15 is 0 Å². The van der Waals surface area contributed by atoms with Crippen molar-refractivity contribution >= 4 is 17.0 Å². The summed E-state index contributed by atoms with van der Waals surface area (Å²) in [6.07, 6.45) is 8.98. The highest BCUT2D eigenvalue weighted by atomic mass is 16.5. The molecule has 0 radical (unpaired) electrons. The second-order valence-electron chi connectivity index (χ2n) is 10.3. The smallest absolute Gasteiger partial charge is 0.354 e. The van der Waals surface area contributed by atoms with Gasteiger partial charge < -0.3 is 23.7 Å². The zero-order valence-electron chi connectivity index (χ0n) is 22.2. The van der Waals surface area contributed by atoms with Crippen LogP contribution in [0.15, 0.2) is 29.0 Å². The van der Waals surface area contributed by atoms with E-state index in [1.165, 1.54) is 31.7 Å². The molecule has 2 fully saturated rings. The molecule has 38 heavy (non-hydrogen) atoms. The SMILES string of the molecule is CCOc1cc(C(=O)O)nc(OCC)c1-c1cn(C(C2CC2)C2CC2)c2ncc(-c3c(C)noc3C)cc12. The van der Waals surface area contributed by atoms with Crippen LogP contribution in [0.25, 0.3) is 33.3 Å². The molecule has 9 nitrogen and oxygen atoms in total. The number of hydrogen-bond acceptors (Lipinski definition) is 7. The van der Waals surface area contributed by atoms with Gasteiger partial charge in [0, 0.05) is 46.6 Å². The van der Waals surface area contributed by atoms with Crippen LogP contribution in [-0.4, -0.2) is 44.0 Å². The number of fused-ring (bicyclic) bond motifs is 1. The average Bonchev–Trinajstić information content (AvgIpc) is 3.82. The van der Waals surface area contributed by atoms with Gasteiger partial charge in [0.25, 0.3) is 0 Å². The fourth-order valence-electron chi connectivity index (χ4n) is 5.67. The molecular formula is C29H32N4O5. The van der Waals surface area contributed by atoms with Gasteiger partial charge in [-0.15, -0.1) is 0 Å². The van der Waals surface area contributed by atoms with Crippen LogP contribution in [0.4, 0.5) is 0 Å². The molecule has 1 N–H and O–H groups in total. The number of ether oxygens (including phenoxy) is 2. The van der Waals surface area contributed by atoms with E-state index in [2.05, 4.69) is 27.0 Å². The lowest BCUT2D eigenvalue weighted by atomic mass is 10.0. The van der Waals surface area contributed by atoms with Gasteiger partial charge in [-0.3, -0.25) is 0 Å². The van der Waals surface area contributed by atoms with Crippen molar-refractivity contribution < 1.29 is 23.9 Å². The Morgan fingerprint density at radius 1 is 1.11 bits per heavy atom. The highest BCUT2D eigenvalue weighted by Gasteiger charge is 2.43. The summed E-state index contributed by atoms with van der Waals surface area (Å²) < 4.78 is 19.7. The Balaban J connectivity index is 1.64. The van der Waals surface area contributed by atoms with Crippen molar-refractivity contribution in [3.63, 3.8) is 0 Å². The maximum absolute atomic E-state index is 11.9. The second kappa shape index (κ2) is 9.45. The Morgan fingerprint density at radius 3 is 2.39 bits per heavy atom. The fraction of sp³-hybridized carbons (Fsp3) is 0.448. The molecule has 2 aliphatic carbocycles. The number of carboxylic acids is 1. The predicted octanol–water partition coefficient (Wildman–Crippen LogP) is 6.23. The van der Waals surface area contributed by atoms with Gasteiger partial charge >= 0.3 is 5.97 Å². The molecule has 4 aromatic heterocycles. The molecule has 0 bridgehead atoms. The fourth-order valence-corrected chi connectivity index (χ4v) is 5.67. The molecule has 9 heteroatoms. The van der Waals surface area contributed by atoms with E-state index in [4.69, 9.17) is 19.0 Å². The maximum Gasteiger partial charge on any atom is 0.354 e. The second-order valence-corrected chi connectivity index (χ2v) is 10.3. The van der Waals surface area contributed by atoms with E-state index in [0.717, 1.165) is 39.2 Å². The van der Waals surface area contributed by atoms with E-state index in [0.29, 0.717) is 42.4 Å². The molecule has 0 atom stereocenters. The third kappa shape index (κ3) is 4.19. The van der Waals surface area contributed by atoms with Crippen LogP contribution in [0.5, 0.6) is 11.6 Å². The van der Waals surface area contributed by atoms with Crippen LogP contribution < -0.4 is 9.47 Å². The van der Waals surface area contributed by atoms with Crippen LogP contribution in [0.1, 0.15) is 67.5 Å². The molecule has 198 valence electrons. The largest absolute Gasteiger partial charge is 0.493 e. The van der Waals surface area contributed by atoms with Crippen LogP contribution in [0.3, 0.4) is 0 Å². The summed E-state index contributed by atoms with van der Waals surface area (Å²) >= 11 is 0. The van der Waals surface area contributed by atoms with Crippen LogP contribution in [0, 0.1) is 25.7 Å². The highest BCUT2D eigenvalue weighted by Crippen LogP contribution is 2.54. The highest BCUT2D eigenvalue weighted by molar-refractivity contribution is 6.00. The van der Waals surface area contributed by atoms with Crippen molar-refractivity contribution in [1.29, 1.82) is 0 Å². The van der Waals surface area contributed by atoms with E-state index < -0.39 is 5.97 Å². The number of aryl methyl sites for hydroxylation is 2. The van der Waals surface area contributed by atoms with Gasteiger partial charge in [-0.05, 0) is 71.3 Å². The van der Waals surface area contributed by atoms with Gasteiger partial charge in [0.1, 0.15) is 17.2 Å². The van der Waals surface area contributed by atoms with Gasteiger partial charge in [0.05, 0.1) is 24.5 Å². The number of carbonyl (C=O) groups is 1.